The molecule has 1 amide bonds. The summed E-state index contributed by atoms with van der Waals surface area (Å²) in [5.41, 5.74) is 6.50. The van der Waals surface area contributed by atoms with Crippen LogP contribution in [0.2, 0.25) is 0 Å². The van der Waals surface area contributed by atoms with E-state index < -0.39 is 0 Å². The summed E-state index contributed by atoms with van der Waals surface area (Å²) < 4.78 is 16.1. The standard InChI is InChI=1S/C16H24N2O4/c1-20-13-8-11(9-14(21-2)15(13)22-3)10-18-6-4-12(5-7-18)16(17)19/h8-9,12H,4-7,10H2,1-3H3,(H2,17,19)/p+1. The fraction of sp³-hybridized carbons (Fsp3) is 0.562. The van der Waals surface area contributed by atoms with Crippen LogP contribution < -0.4 is 24.8 Å². The van der Waals surface area contributed by atoms with E-state index in [4.69, 9.17) is 19.9 Å². The molecule has 0 unspecified atom stereocenters. The number of carbonyl (C=O) groups is 1. The molecule has 0 bridgehead atoms. The molecule has 1 fully saturated rings. The third-order valence-electron chi connectivity index (χ3n) is 4.27. The summed E-state index contributed by atoms with van der Waals surface area (Å²) in [6.45, 7) is 2.76. The zero-order valence-electron chi connectivity index (χ0n) is 13.5. The number of amides is 1. The third kappa shape index (κ3) is 3.62. The van der Waals surface area contributed by atoms with E-state index in [0.717, 1.165) is 38.0 Å². The van der Waals surface area contributed by atoms with Gasteiger partial charge in [-0.05, 0) is 12.1 Å². The highest BCUT2D eigenvalue weighted by Gasteiger charge is 2.26. The zero-order chi connectivity index (χ0) is 16.1. The highest BCUT2D eigenvalue weighted by molar-refractivity contribution is 5.76. The van der Waals surface area contributed by atoms with Crippen LogP contribution in [0.5, 0.6) is 17.2 Å². The molecule has 3 N–H and O–H groups in total. The van der Waals surface area contributed by atoms with Gasteiger partial charge in [-0.15, -0.1) is 0 Å². The second-order valence-corrected chi connectivity index (χ2v) is 5.64. The lowest BCUT2D eigenvalue weighted by Gasteiger charge is -2.28. The third-order valence-corrected chi connectivity index (χ3v) is 4.27. The first-order valence-electron chi connectivity index (χ1n) is 7.50. The van der Waals surface area contributed by atoms with Crippen molar-refractivity contribution in [3.05, 3.63) is 17.7 Å². The number of nitrogens with one attached hydrogen (secondary N) is 1. The van der Waals surface area contributed by atoms with Crippen LogP contribution in [0.4, 0.5) is 0 Å². The normalized spacial score (nSPS) is 21.2. The van der Waals surface area contributed by atoms with Crippen LogP contribution >= 0.6 is 0 Å². The number of piperidine rings is 1. The number of benzene rings is 1. The number of hydrogen-bond donors (Lipinski definition) is 2. The lowest BCUT2D eigenvalue weighted by molar-refractivity contribution is -0.919. The summed E-state index contributed by atoms with van der Waals surface area (Å²) in [6, 6.07) is 3.96. The molecule has 0 radical (unpaired) electrons. The van der Waals surface area contributed by atoms with Gasteiger partial charge in [0.2, 0.25) is 11.7 Å². The molecule has 1 aromatic rings. The first kappa shape index (κ1) is 16.4. The van der Waals surface area contributed by atoms with Gasteiger partial charge in [0.15, 0.2) is 11.5 Å². The first-order chi connectivity index (χ1) is 10.6. The number of carbonyl (C=O) groups excluding carboxylic acids is 1. The highest BCUT2D eigenvalue weighted by atomic mass is 16.5. The van der Waals surface area contributed by atoms with Gasteiger partial charge in [0.1, 0.15) is 6.54 Å². The van der Waals surface area contributed by atoms with E-state index in [1.165, 1.54) is 4.90 Å². The lowest BCUT2D eigenvalue weighted by atomic mass is 9.96. The van der Waals surface area contributed by atoms with Gasteiger partial charge in [0.25, 0.3) is 0 Å². The average molecular weight is 309 g/mol. The minimum absolute atomic E-state index is 0.0312. The fourth-order valence-electron chi connectivity index (χ4n) is 3.01. The smallest absolute Gasteiger partial charge is 0.220 e. The highest BCUT2D eigenvalue weighted by Crippen LogP contribution is 2.38. The predicted octanol–water partition coefficient (Wildman–Crippen LogP) is -0.00740. The number of hydrogen-bond acceptors (Lipinski definition) is 4. The summed E-state index contributed by atoms with van der Waals surface area (Å²) in [4.78, 5) is 12.7. The van der Waals surface area contributed by atoms with Crippen molar-refractivity contribution in [2.45, 2.75) is 19.4 Å². The van der Waals surface area contributed by atoms with Crippen LogP contribution in [-0.2, 0) is 11.3 Å². The Hall–Kier alpha value is -1.95. The van der Waals surface area contributed by atoms with Gasteiger partial charge >= 0.3 is 0 Å². The number of quaternary nitrogens is 1. The van der Waals surface area contributed by atoms with E-state index in [9.17, 15) is 4.79 Å². The van der Waals surface area contributed by atoms with Crippen LogP contribution in [0.25, 0.3) is 0 Å². The van der Waals surface area contributed by atoms with Crippen molar-refractivity contribution < 1.29 is 23.9 Å². The Kier molecular flexibility index (Phi) is 5.49. The van der Waals surface area contributed by atoms with Crippen molar-refractivity contribution >= 4 is 5.91 Å². The van der Waals surface area contributed by atoms with Crippen LogP contribution in [-0.4, -0.2) is 40.3 Å². The quantitative estimate of drug-likeness (QED) is 0.775. The number of methoxy groups -OCH3 is 3. The molecule has 1 heterocycles. The molecule has 22 heavy (non-hydrogen) atoms. The molecule has 122 valence electrons. The molecule has 0 saturated carbocycles. The van der Waals surface area contributed by atoms with Crippen molar-refractivity contribution in [2.75, 3.05) is 34.4 Å². The second-order valence-electron chi connectivity index (χ2n) is 5.64. The number of nitrogens with two attached hydrogens (primary N) is 1. The van der Waals surface area contributed by atoms with Crippen molar-refractivity contribution in [1.29, 1.82) is 0 Å². The van der Waals surface area contributed by atoms with E-state index in [0.29, 0.717) is 17.2 Å². The van der Waals surface area contributed by atoms with Crippen molar-refractivity contribution in [3.8, 4) is 17.2 Å². The minimum atomic E-state index is -0.174. The Morgan fingerprint density at radius 3 is 2.09 bits per heavy atom. The van der Waals surface area contributed by atoms with E-state index in [1.54, 1.807) is 21.3 Å². The fourth-order valence-corrected chi connectivity index (χ4v) is 3.01. The zero-order valence-corrected chi connectivity index (χ0v) is 13.5. The van der Waals surface area contributed by atoms with E-state index in [-0.39, 0.29) is 11.8 Å². The van der Waals surface area contributed by atoms with Crippen LogP contribution in [0.3, 0.4) is 0 Å². The molecule has 0 aliphatic carbocycles. The van der Waals surface area contributed by atoms with Crippen molar-refractivity contribution in [2.24, 2.45) is 11.7 Å². The lowest BCUT2D eigenvalue weighted by Crippen LogP contribution is -3.11. The Balaban J connectivity index is 2.09. The second kappa shape index (κ2) is 7.35. The maximum absolute atomic E-state index is 11.2. The maximum Gasteiger partial charge on any atom is 0.220 e. The maximum atomic E-state index is 11.2. The first-order valence-corrected chi connectivity index (χ1v) is 7.50. The summed E-state index contributed by atoms with van der Waals surface area (Å²) in [7, 11) is 4.83. The molecule has 1 aliphatic heterocycles. The molecule has 0 atom stereocenters. The van der Waals surface area contributed by atoms with Gasteiger partial charge in [-0.3, -0.25) is 4.79 Å². The molecular weight excluding hydrogens is 284 g/mol. The molecular formula is C16H25N2O4+. The van der Waals surface area contributed by atoms with Gasteiger partial charge < -0.3 is 24.8 Å². The number of likely N-dealkylation sites (tertiary alicyclic amines) is 1. The monoisotopic (exact) mass is 309 g/mol. The van der Waals surface area contributed by atoms with Gasteiger partial charge in [0, 0.05) is 24.3 Å². The Morgan fingerprint density at radius 2 is 1.68 bits per heavy atom. The van der Waals surface area contributed by atoms with E-state index >= 15 is 0 Å². The number of primary amides is 1. The minimum Gasteiger partial charge on any atom is -0.493 e. The Bertz CT molecular complexity index is 500. The van der Waals surface area contributed by atoms with Gasteiger partial charge in [-0.25, -0.2) is 0 Å². The topological polar surface area (TPSA) is 75.2 Å². The van der Waals surface area contributed by atoms with Crippen LogP contribution in [0.1, 0.15) is 18.4 Å². The molecule has 0 aromatic heterocycles. The summed E-state index contributed by atoms with van der Waals surface area (Å²) in [5, 5.41) is 0. The van der Waals surface area contributed by atoms with Gasteiger partial charge in [0.05, 0.1) is 34.4 Å². The number of ether oxygens (including phenoxy) is 3. The molecule has 1 aromatic carbocycles. The largest absolute Gasteiger partial charge is 0.493 e. The summed E-state index contributed by atoms with van der Waals surface area (Å²) in [5.74, 6) is 1.80. The Labute approximate surface area is 131 Å². The summed E-state index contributed by atoms with van der Waals surface area (Å²) >= 11 is 0. The van der Waals surface area contributed by atoms with Crippen molar-refractivity contribution in [3.63, 3.8) is 0 Å². The molecule has 0 spiro atoms. The van der Waals surface area contributed by atoms with Gasteiger partial charge in [-0.1, -0.05) is 0 Å². The molecule has 6 heteroatoms. The molecule has 2 rings (SSSR count). The van der Waals surface area contributed by atoms with E-state index in [2.05, 4.69) is 0 Å². The van der Waals surface area contributed by atoms with E-state index in [1.807, 2.05) is 12.1 Å². The molecule has 1 saturated heterocycles. The number of rotatable bonds is 6. The SMILES string of the molecule is COc1cc(C[NH+]2CCC(C(N)=O)CC2)cc(OC)c1OC. The summed E-state index contributed by atoms with van der Waals surface area (Å²) in [6.07, 6.45) is 1.71. The van der Waals surface area contributed by atoms with Gasteiger partial charge in [-0.2, -0.15) is 0 Å². The predicted molar refractivity (Wildman–Crippen MR) is 82.4 cm³/mol. The average Bonchev–Trinajstić information content (AvgIpc) is 2.54. The molecule has 6 nitrogen and oxygen atoms in total. The van der Waals surface area contributed by atoms with Crippen LogP contribution in [0, 0.1) is 5.92 Å². The molecule has 1 aliphatic rings. The Morgan fingerprint density at radius 1 is 1.14 bits per heavy atom. The van der Waals surface area contributed by atoms with Crippen molar-refractivity contribution in [1.82, 2.24) is 0 Å². The van der Waals surface area contributed by atoms with Crippen LogP contribution in [0.15, 0.2) is 12.1 Å².